The van der Waals surface area contributed by atoms with E-state index in [0.29, 0.717) is 22.0 Å². The van der Waals surface area contributed by atoms with Crippen molar-refractivity contribution >= 4 is 46.7 Å². The van der Waals surface area contributed by atoms with Gasteiger partial charge in [0.2, 0.25) is 0 Å². The van der Waals surface area contributed by atoms with Crippen molar-refractivity contribution in [2.75, 3.05) is 11.9 Å². The van der Waals surface area contributed by atoms with E-state index in [-0.39, 0.29) is 22.9 Å². The summed E-state index contributed by atoms with van der Waals surface area (Å²) in [6.07, 6.45) is -1.10. The average Bonchev–Trinajstić information content (AvgIpc) is 2.92. The summed E-state index contributed by atoms with van der Waals surface area (Å²) in [5, 5.41) is 3.26. The van der Waals surface area contributed by atoms with E-state index in [0.717, 1.165) is 0 Å². The Balaban J connectivity index is 2.10. The number of carbonyl (C=O) groups is 3. The molecule has 0 spiro atoms. The van der Waals surface area contributed by atoms with Crippen LogP contribution in [0.1, 0.15) is 46.0 Å². The molecule has 0 radical (unpaired) electrons. The summed E-state index contributed by atoms with van der Waals surface area (Å²) in [4.78, 5) is 39.6. The van der Waals surface area contributed by atoms with Crippen LogP contribution in [-0.2, 0) is 14.3 Å². The highest BCUT2D eigenvalue weighted by atomic mass is 35.5. The molecule has 1 aromatic heterocycles. The second-order valence-corrected chi connectivity index (χ2v) is 6.85. The molecular weight excluding hydrogens is 407 g/mol. The Hall–Kier alpha value is -2.51. The van der Waals surface area contributed by atoms with Crippen LogP contribution in [0.3, 0.4) is 0 Å². The monoisotopic (exact) mass is 426 g/mol. The summed E-state index contributed by atoms with van der Waals surface area (Å²) in [6.45, 7) is 6.58. The largest absolute Gasteiger partial charge is 0.462 e. The Labute approximate surface area is 172 Å². The first kappa shape index (κ1) is 21.8. The Morgan fingerprint density at radius 1 is 1.18 bits per heavy atom. The summed E-state index contributed by atoms with van der Waals surface area (Å²) in [7, 11) is 0. The van der Waals surface area contributed by atoms with Crippen LogP contribution in [0.4, 0.5) is 5.69 Å². The molecule has 1 amide bonds. The maximum Gasteiger partial charge on any atom is 0.355 e. The normalized spacial score (nSPS) is 11.6. The van der Waals surface area contributed by atoms with Crippen molar-refractivity contribution in [3.63, 3.8) is 0 Å². The third-order valence-corrected chi connectivity index (χ3v) is 4.51. The molecule has 0 aliphatic rings. The molecule has 150 valence electrons. The second kappa shape index (κ2) is 9.12. The standard InChI is InChI=1S/C19H20Cl2N2O5/c1-5-27-18(25)15-9(2)16(22-10(15)3)19(26)28-11(4)17(24)23-14-7-6-12(20)8-13(14)21/h6-8,11,22H,5H2,1-4H3,(H,23,24). The number of rotatable bonds is 6. The number of carbonyl (C=O) groups excluding carboxylic acids is 3. The number of benzene rings is 1. The SMILES string of the molecule is CCOC(=O)c1c(C)[nH]c(C(=O)OC(C)C(=O)Nc2ccc(Cl)cc2Cl)c1C. The van der Waals surface area contributed by atoms with Crippen LogP contribution in [0.15, 0.2) is 18.2 Å². The maximum absolute atomic E-state index is 12.5. The highest BCUT2D eigenvalue weighted by Gasteiger charge is 2.26. The number of amides is 1. The summed E-state index contributed by atoms with van der Waals surface area (Å²) in [6, 6.07) is 4.60. The van der Waals surface area contributed by atoms with Crippen molar-refractivity contribution in [3.05, 3.63) is 50.8 Å². The summed E-state index contributed by atoms with van der Waals surface area (Å²) in [5.41, 5.74) is 1.58. The molecule has 1 atom stereocenters. The van der Waals surface area contributed by atoms with Crippen LogP contribution in [0.5, 0.6) is 0 Å². The Morgan fingerprint density at radius 2 is 1.86 bits per heavy atom. The first-order valence-corrected chi connectivity index (χ1v) is 9.24. The molecular formula is C19H20Cl2N2O5. The lowest BCUT2D eigenvalue weighted by molar-refractivity contribution is -0.123. The summed E-state index contributed by atoms with van der Waals surface area (Å²) in [5.74, 6) is -1.86. The highest BCUT2D eigenvalue weighted by molar-refractivity contribution is 6.36. The van der Waals surface area contributed by atoms with Crippen LogP contribution in [0.2, 0.25) is 10.0 Å². The minimum Gasteiger partial charge on any atom is -0.462 e. The molecule has 0 aliphatic heterocycles. The van der Waals surface area contributed by atoms with E-state index in [4.69, 9.17) is 32.7 Å². The fourth-order valence-electron chi connectivity index (χ4n) is 2.56. The molecule has 1 unspecified atom stereocenters. The van der Waals surface area contributed by atoms with Gasteiger partial charge in [-0.2, -0.15) is 0 Å². The van der Waals surface area contributed by atoms with Gasteiger partial charge in [-0.05, 0) is 51.5 Å². The lowest BCUT2D eigenvalue weighted by Crippen LogP contribution is -2.30. The van der Waals surface area contributed by atoms with Crippen LogP contribution in [-0.4, -0.2) is 35.5 Å². The van der Waals surface area contributed by atoms with Gasteiger partial charge in [-0.1, -0.05) is 23.2 Å². The van der Waals surface area contributed by atoms with Gasteiger partial charge in [0, 0.05) is 10.7 Å². The number of H-pyrrole nitrogens is 1. The zero-order chi connectivity index (χ0) is 21.0. The number of aromatic amines is 1. The van der Waals surface area contributed by atoms with Crippen molar-refractivity contribution < 1.29 is 23.9 Å². The third kappa shape index (κ3) is 4.85. The molecule has 0 saturated carbocycles. The molecule has 0 fully saturated rings. The van der Waals surface area contributed by atoms with E-state index in [2.05, 4.69) is 10.3 Å². The number of ether oxygens (including phenoxy) is 2. The average molecular weight is 427 g/mol. The van der Waals surface area contributed by atoms with Gasteiger partial charge in [0.25, 0.3) is 5.91 Å². The quantitative estimate of drug-likeness (QED) is 0.670. The molecule has 2 rings (SSSR count). The number of anilines is 1. The van der Waals surface area contributed by atoms with Crippen molar-refractivity contribution in [2.24, 2.45) is 0 Å². The predicted octanol–water partition coefficient (Wildman–Crippen LogP) is 4.30. The lowest BCUT2D eigenvalue weighted by atomic mass is 10.1. The lowest BCUT2D eigenvalue weighted by Gasteiger charge is -2.14. The summed E-state index contributed by atoms with van der Waals surface area (Å²) >= 11 is 11.8. The van der Waals surface area contributed by atoms with Crippen molar-refractivity contribution in [1.82, 2.24) is 4.98 Å². The Bertz CT molecular complexity index is 923. The first-order valence-electron chi connectivity index (χ1n) is 8.48. The van der Waals surface area contributed by atoms with E-state index in [9.17, 15) is 14.4 Å². The molecule has 9 heteroatoms. The molecule has 0 aliphatic carbocycles. The summed E-state index contributed by atoms with van der Waals surface area (Å²) < 4.78 is 10.2. The second-order valence-electron chi connectivity index (χ2n) is 6.01. The number of aryl methyl sites for hydroxylation is 1. The van der Waals surface area contributed by atoms with Crippen LogP contribution in [0, 0.1) is 13.8 Å². The van der Waals surface area contributed by atoms with Gasteiger partial charge < -0.3 is 19.8 Å². The van der Waals surface area contributed by atoms with Gasteiger partial charge in [0.1, 0.15) is 5.69 Å². The van der Waals surface area contributed by atoms with Crippen LogP contribution >= 0.6 is 23.2 Å². The zero-order valence-corrected chi connectivity index (χ0v) is 17.3. The minimum atomic E-state index is -1.10. The molecule has 2 N–H and O–H groups in total. The molecule has 1 heterocycles. The van der Waals surface area contributed by atoms with Gasteiger partial charge in [0.05, 0.1) is 22.9 Å². The fraction of sp³-hybridized carbons (Fsp3) is 0.316. The van der Waals surface area contributed by atoms with Gasteiger partial charge in [-0.3, -0.25) is 4.79 Å². The fourth-order valence-corrected chi connectivity index (χ4v) is 3.02. The van der Waals surface area contributed by atoms with E-state index >= 15 is 0 Å². The molecule has 1 aromatic carbocycles. The first-order chi connectivity index (χ1) is 13.1. The van der Waals surface area contributed by atoms with Crippen LogP contribution < -0.4 is 5.32 Å². The van der Waals surface area contributed by atoms with Crippen molar-refractivity contribution in [2.45, 2.75) is 33.8 Å². The Kier molecular flexibility index (Phi) is 7.10. The molecule has 0 bridgehead atoms. The van der Waals surface area contributed by atoms with E-state index < -0.39 is 23.9 Å². The number of aromatic nitrogens is 1. The zero-order valence-electron chi connectivity index (χ0n) is 15.8. The molecule has 7 nitrogen and oxygen atoms in total. The number of hydrogen-bond acceptors (Lipinski definition) is 5. The Morgan fingerprint density at radius 3 is 2.46 bits per heavy atom. The van der Waals surface area contributed by atoms with Crippen LogP contribution in [0.25, 0.3) is 0 Å². The van der Waals surface area contributed by atoms with E-state index in [1.165, 1.54) is 13.0 Å². The number of halogens is 2. The number of nitrogens with one attached hydrogen (secondary N) is 2. The predicted molar refractivity (Wildman–Crippen MR) is 106 cm³/mol. The van der Waals surface area contributed by atoms with Crippen molar-refractivity contribution in [3.8, 4) is 0 Å². The molecule has 2 aromatic rings. The number of esters is 2. The smallest absolute Gasteiger partial charge is 0.355 e. The highest BCUT2D eigenvalue weighted by Crippen LogP contribution is 2.26. The topological polar surface area (TPSA) is 97.5 Å². The van der Waals surface area contributed by atoms with E-state index in [1.54, 1.807) is 32.9 Å². The third-order valence-electron chi connectivity index (χ3n) is 3.96. The number of hydrogen-bond donors (Lipinski definition) is 2. The van der Waals surface area contributed by atoms with Gasteiger partial charge in [0.15, 0.2) is 6.10 Å². The molecule has 28 heavy (non-hydrogen) atoms. The van der Waals surface area contributed by atoms with Gasteiger partial charge >= 0.3 is 11.9 Å². The maximum atomic E-state index is 12.5. The van der Waals surface area contributed by atoms with Gasteiger partial charge in [-0.25, -0.2) is 9.59 Å². The van der Waals surface area contributed by atoms with Crippen molar-refractivity contribution in [1.29, 1.82) is 0 Å². The minimum absolute atomic E-state index is 0.0877. The molecule has 0 saturated heterocycles. The van der Waals surface area contributed by atoms with E-state index in [1.807, 2.05) is 0 Å². The van der Waals surface area contributed by atoms with Gasteiger partial charge in [-0.15, -0.1) is 0 Å².